The van der Waals surface area contributed by atoms with E-state index in [0.717, 1.165) is 11.2 Å². The Bertz CT molecular complexity index is 1670. The van der Waals surface area contributed by atoms with Crippen LogP contribution in [0.15, 0.2) is 99.6 Å². The van der Waals surface area contributed by atoms with E-state index in [1.807, 2.05) is 0 Å². The fourth-order valence-corrected chi connectivity index (χ4v) is 7.80. The molecule has 41 heavy (non-hydrogen) atoms. The molecule has 0 spiro atoms. The van der Waals surface area contributed by atoms with Gasteiger partial charge >= 0.3 is 11.9 Å². The van der Waals surface area contributed by atoms with Crippen molar-refractivity contribution in [2.24, 2.45) is 0 Å². The largest absolute Gasteiger partial charge is 0.462 e. The topological polar surface area (TPSA) is 133 Å². The van der Waals surface area contributed by atoms with Crippen molar-refractivity contribution in [2.75, 3.05) is 10.9 Å². The second-order valence-electron chi connectivity index (χ2n) is 9.58. The summed E-state index contributed by atoms with van der Waals surface area (Å²) in [6.45, 7) is 2.60. The maximum atomic E-state index is 14.4. The van der Waals surface area contributed by atoms with Crippen LogP contribution in [0.5, 0.6) is 0 Å². The molecule has 0 aromatic heterocycles. The first-order valence-electron chi connectivity index (χ1n) is 12.7. The molecule has 12 heteroatoms. The van der Waals surface area contributed by atoms with Crippen LogP contribution >= 0.6 is 15.9 Å². The summed E-state index contributed by atoms with van der Waals surface area (Å²) < 4.78 is 41.2. The van der Waals surface area contributed by atoms with E-state index in [-0.39, 0.29) is 40.5 Å². The Hall–Kier alpha value is -4.03. The molecule has 0 amide bonds. The molecule has 1 aliphatic heterocycles. The second kappa shape index (κ2) is 10.7. The minimum absolute atomic E-state index is 0.0453. The molecule has 2 aliphatic rings. The fraction of sp³-hybridized carbons (Fsp3) is 0.241. The zero-order chi connectivity index (χ0) is 29.5. The SMILES string of the molecule is CCOC(=O)C1=C(OC(C)=O)C[C@@H](c2ccccc2)[C@]2([N+](=O)[O-])c3ccccc3N(S(=O)(=O)c3ccc(Br)cc3)[C@H]12. The number of nitrogens with zero attached hydrogens (tertiary/aromatic N) is 2. The number of benzene rings is 3. The highest BCUT2D eigenvalue weighted by molar-refractivity contribution is 9.10. The summed E-state index contributed by atoms with van der Waals surface area (Å²) >= 11 is 3.30. The Morgan fingerprint density at radius 3 is 2.29 bits per heavy atom. The second-order valence-corrected chi connectivity index (χ2v) is 12.3. The number of fused-ring (bicyclic) bond motifs is 3. The molecular weight excluding hydrogens is 616 g/mol. The third-order valence-corrected chi connectivity index (χ3v) is 9.68. The molecule has 3 aromatic rings. The van der Waals surface area contributed by atoms with Crippen LogP contribution in [0.25, 0.3) is 0 Å². The van der Waals surface area contributed by atoms with E-state index in [4.69, 9.17) is 9.47 Å². The number of para-hydroxylation sites is 1. The average Bonchev–Trinajstić information content (AvgIpc) is 3.26. The van der Waals surface area contributed by atoms with Crippen molar-refractivity contribution in [1.82, 2.24) is 0 Å². The van der Waals surface area contributed by atoms with Crippen LogP contribution in [0.2, 0.25) is 0 Å². The zero-order valence-electron chi connectivity index (χ0n) is 22.0. The molecule has 10 nitrogen and oxygen atoms in total. The van der Waals surface area contributed by atoms with Crippen molar-refractivity contribution in [3.8, 4) is 0 Å². The molecule has 0 bridgehead atoms. The lowest BCUT2D eigenvalue weighted by Crippen LogP contribution is -2.59. The summed E-state index contributed by atoms with van der Waals surface area (Å²) in [5.74, 6) is -2.96. The Labute approximate surface area is 244 Å². The number of esters is 2. The summed E-state index contributed by atoms with van der Waals surface area (Å²) in [5.41, 5.74) is -1.88. The first-order chi connectivity index (χ1) is 19.5. The van der Waals surface area contributed by atoms with Gasteiger partial charge in [0.1, 0.15) is 11.3 Å². The molecule has 0 unspecified atom stereocenters. The van der Waals surface area contributed by atoms with Crippen LogP contribution in [0.4, 0.5) is 5.69 Å². The Balaban J connectivity index is 1.92. The smallest absolute Gasteiger partial charge is 0.339 e. The highest BCUT2D eigenvalue weighted by atomic mass is 79.9. The molecule has 3 aromatic carbocycles. The number of carbonyl (C=O) groups excluding carboxylic acids is 2. The Morgan fingerprint density at radius 1 is 1.05 bits per heavy atom. The third-order valence-electron chi connectivity index (χ3n) is 7.36. The summed E-state index contributed by atoms with van der Waals surface area (Å²) in [6, 6.07) is 18.8. The van der Waals surface area contributed by atoms with Gasteiger partial charge in [-0.25, -0.2) is 13.2 Å². The van der Waals surface area contributed by atoms with Gasteiger partial charge in [-0.05, 0) is 48.9 Å². The number of hydrogen-bond donors (Lipinski definition) is 0. The number of anilines is 1. The number of hydrogen-bond acceptors (Lipinski definition) is 8. The lowest BCUT2D eigenvalue weighted by molar-refractivity contribution is -0.586. The zero-order valence-corrected chi connectivity index (χ0v) is 24.4. The predicted molar refractivity (Wildman–Crippen MR) is 152 cm³/mol. The van der Waals surface area contributed by atoms with Gasteiger partial charge in [-0.15, -0.1) is 0 Å². The van der Waals surface area contributed by atoms with Crippen molar-refractivity contribution >= 4 is 43.6 Å². The number of allylic oxidation sites excluding steroid dienone is 1. The molecule has 0 radical (unpaired) electrons. The molecular formula is C29H25BrN2O8S. The van der Waals surface area contributed by atoms with Crippen molar-refractivity contribution in [3.05, 3.63) is 116 Å². The first kappa shape index (κ1) is 28.5. The van der Waals surface area contributed by atoms with Gasteiger partial charge in [0.25, 0.3) is 15.6 Å². The van der Waals surface area contributed by atoms with Crippen LogP contribution in [0, 0.1) is 10.1 Å². The molecule has 1 aliphatic carbocycles. The van der Waals surface area contributed by atoms with E-state index in [2.05, 4.69) is 15.9 Å². The van der Waals surface area contributed by atoms with E-state index < -0.39 is 44.4 Å². The minimum atomic E-state index is -4.52. The first-order valence-corrected chi connectivity index (χ1v) is 15.0. The van der Waals surface area contributed by atoms with Gasteiger partial charge in [0.05, 0.1) is 28.7 Å². The van der Waals surface area contributed by atoms with E-state index >= 15 is 0 Å². The lowest BCUT2D eigenvalue weighted by Gasteiger charge is -2.42. The normalized spacial score (nSPS) is 21.6. The van der Waals surface area contributed by atoms with Crippen LogP contribution in [0.3, 0.4) is 0 Å². The van der Waals surface area contributed by atoms with Gasteiger partial charge in [0.15, 0.2) is 6.04 Å². The number of ether oxygens (including phenoxy) is 2. The molecule has 0 saturated heterocycles. The van der Waals surface area contributed by atoms with Gasteiger partial charge in [-0.1, -0.05) is 58.4 Å². The lowest BCUT2D eigenvalue weighted by atomic mass is 9.65. The molecule has 212 valence electrons. The van der Waals surface area contributed by atoms with Crippen molar-refractivity contribution in [3.63, 3.8) is 0 Å². The number of nitro groups is 1. The van der Waals surface area contributed by atoms with Crippen LogP contribution in [-0.4, -0.2) is 37.9 Å². The molecule has 3 atom stereocenters. The van der Waals surface area contributed by atoms with Gasteiger partial charge in [-0.2, -0.15) is 0 Å². The fourth-order valence-electron chi connectivity index (χ4n) is 5.86. The number of carbonyl (C=O) groups is 2. The minimum Gasteiger partial charge on any atom is -0.462 e. The molecule has 0 fully saturated rings. The van der Waals surface area contributed by atoms with Gasteiger partial charge in [-0.3, -0.25) is 19.2 Å². The monoisotopic (exact) mass is 640 g/mol. The summed E-state index contributed by atoms with van der Waals surface area (Å²) in [5, 5.41) is 13.5. The summed E-state index contributed by atoms with van der Waals surface area (Å²) in [6.07, 6.45) is -0.226. The van der Waals surface area contributed by atoms with Gasteiger partial charge in [0.2, 0.25) is 0 Å². The van der Waals surface area contributed by atoms with E-state index in [1.54, 1.807) is 49.4 Å². The summed E-state index contributed by atoms with van der Waals surface area (Å²) in [4.78, 5) is 38.7. The highest BCUT2D eigenvalue weighted by Gasteiger charge is 2.72. The van der Waals surface area contributed by atoms with Gasteiger partial charge < -0.3 is 9.47 Å². The highest BCUT2D eigenvalue weighted by Crippen LogP contribution is 2.61. The van der Waals surface area contributed by atoms with Crippen molar-refractivity contribution in [1.29, 1.82) is 0 Å². The maximum absolute atomic E-state index is 14.4. The van der Waals surface area contributed by atoms with E-state index in [1.165, 1.54) is 36.4 Å². The molecule has 5 rings (SSSR count). The summed E-state index contributed by atoms with van der Waals surface area (Å²) in [7, 11) is -4.52. The van der Waals surface area contributed by atoms with E-state index in [0.29, 0.717) is 10.0 Å². The standard InChI is InChI=1S/C29H25BrN2O8S/c1-3-39-28(34)26-25(40-18(2)33)17-23(19-9-5-4-6-10-19)29(32(35)36)22-11-7-8-12-24(22)31(27(26)29)41(37,38)21-15-13-20(30)14-16-21/h4-16,23,27H,3,17H2,1-2H3/t23-,27+,29+/m0/s1. The van der Waals surface area contributed by atoms with Crippen LogP contribution in [-0.2, 0) is 34.6 Å². The maximum Gasteiger partial charge on any atom is 0.339 e. The van der Waals surface area contributed by atoms with Crippen molar-refractivity contribution < 1.29 is 32.4 Å². The average molecular weight is 641 g/mol. The van der Waals surface area contributed by atoms with Crippen LogP contribution in [0.1, 0.15) is 37.3 Å². The van der Waals surface area contributed by atoms with E-state index in [9.17, 15) is 28.1 Å². The molecule has 0 saturated carbocycles. The van der Waals surface area contributed by atoms with Gasteiger partial charge in [0, 0.05) is 22.7 Å². The molecule has 1 heterocycles. The number of halogens is 1. The predicted octanol–water partition coefficient (Wildman–Crippen LogP) is 5.07. The van der Waals surface area contributed by atoms with Crippen LogP contribution < -0.4 is 4.31 Å². The van der Waals surface area contributed by atoms with Crippen molar-refractivity contribution in [2.45, 2.75) is 42.7 Å². The Kier molecular flexibility index (Phi) is 7.47. The molecule has 0 N–H and O–H groups in total. The number of sulfonamides is 1. The Morgan fingerprint density at radius 2 is 1.68 bits per heavy atom. The third kappa shape index (κ3) is 4.51. The quantitative estimate of drug-likeness (QED) is 0.199. The number of rotatable bonds is 7.